The van der Waals surface area contributed by atoms with Crippen molar-refractivity contribution in [3.63, 3.8) is 0 Å². The SMILES string of the molecule is CC(C)(C)OC(=O)N1CCC(=O)C(Br)C1=O. The summed E-state index contributed by atoms with van der Waals surface area (Å²) in [5, 5.41) is 0. The normalized spacial score (nSPS) is 22.2. The maximum atomic E-state index is 11.6. The van der Waals surface area contributed by atoms with E-state index in [9.17, 15) is 14.4 Å². The predicted molar refractivity (Wildman–Crippen MR) is 60.3 cm³/mol. The van der Waals surface area contributed by atoms with Gasteiger partial charge in [0.1, 0.15) is 5.60 Å². The van der Waals surface area contributed by atoms with Crippen LogP contribution in [0.25, 0.3) is 0 Å². The van der Waals surface area contributed by atoms with Gasteiger partial charge < -0.3 is 4.74 Å². The summed E-state index contributed by atoms with van der Waals surface area (Å²) in [5.74, 6) is -0.754. The fourth-order valence-corrected chi connectivity index (χ4v) is 1.71. The number of likely N-dealkylation sites (tertiary alicyclic amines) is 1. The summed E-state index contributed by atoms with van der Waals surface area (Å²) in [5.41, 5.74) is -0.652. The summed E-state index contributed by atoms with van der Waals surface area (Å²) in [4.78, 5) is 34.5. The van der Waals surface area contributed by atoms with E-state index in [-0.39, 0.29) is 18.7 Å². The molecule has 5 nitrogen and oxygen atoms in total. The van der Waals surface area contributed by atoms with Gasteiger partial charge in [0, 0.05) is 13.0 Å². The second kappa shape index (κ2) is 4.53. The van der Waals surface area contributed by atoms with Crippen molar-refractivity contribution >= 4 is 33.7 Å². The number of imide groups is 1. The number of ether oxygens (including phenoxy) is 1. The smallest absolute Gasteiger partial charge is 0.417 e. The number of amides is 2. The number of ketones is 1. The predicted octanol–water partition coefficient (Wildman–Crippen LogP) is 1.49. The lowest BCUT2D eigenvalue weighted by Gasteiger charge is -2.29. The highest BCUT2D eigenvalue weighted by Gasteiger charge is 2.38. The lowest BCUT2D eigenvalue weighted by atomic mass is 10.1. The van der Waals surface area contributed by atoms with E-state index in [1.807, 2.05) is 0 Å². The first kappa shape index (κ1) is 13.2. The Balaban J connectivity index is 2.71. The highest BCUT2D eigenvalue weighted by atomic mass is 79.9. The van der Waals surface area contributed by atoms with Gasteiger partial charge in [0.25, 0.3) is 5.91 Å². The van der Waals surface area contributed by atoms with Gasteiger partial charge in [-0.1, -0.05) is 15.9 Å². The molecular weight excluding hydrogens is 278 g/mol. The molecule has 1 unspecified atom stereocenters. The van der Waals surface area contributed by atoms with Crippen molar-refractivity contribution in [2.75, 3.05) is 6.54 Å². The van der Waals surface area contributed by atoms with Gasteiger partial charge in [-0.25, -0.2) is 9.69 Å². The first-order valence-corrected chi connectivity index (χ1v) is 5.85. The molecule has 1 aliphatic heterocycles. The highest BCUT2D eigenvalue weighted by molar-refractivity contribution is 9.10. The van der Waals surface area contributed by atoms with E-state index in [1.165, 1.54) is 0 Å². The zero-order valence-electron chi connectivity index (χ0n) is 9.45. The van der Waals surface area contributed by atoms with E-state index < -0.39 is 22.4 Å². The topological polar surface area (TPSA) is 63.7 Å². The fourth-order valence-electron chi connectivity index (χ4n) is 1.23. The number of halogens is 1. The van der Waals surface area contributed by atoms with Crippen molar-refractivity contribution in [2.45, 2.75) is 37.6 Å². The number of piperidine rings is 1. The van der Waals surface area contributed by atoms with Gasteiger partial charge in [-0.3, -0.25) is 9.59 Å². The monoisotopic (exact) mass is 291 g/mol. The summed E-state index contributed by atoms with van der Waals surface area (Å²) in [6, 6.07) is 0. The van der Waals surface area contributed by atoms with Gasteiger partial charge in [0.2, 0.25) is 0 Å². The number of carbonyl (C=O) groups excluding carboxylic acids is 3. The molecule has 2 amide bonds. The van der Waals surface area contributed by atoms with E-state index in [0.29, 0.717) is 0 Å². The highest BCUT2D eigenvalue weighted by Crippen LogP contribution is 2.18. The van der Waals surface area contributed by atoms with Crippen LogP contribution >= 0.6 is 15.9 Å². The third kappa shape index (κ3) is 3.04. The number of nitrogens with zero attached hydrogens (tertiary/aromatic N) is 1. The number of alkyl halides is 1. The van der Waals surface area contributed by atoms with Crippen LogP contribution in [0.15, 0.2) is 0 Å². The molecule has 0 aromatic rings. The Hall–Kier alpha value is -0.910. The third-order valence-corrected chi connectivity index (χ3v) is 2.86. The molecule has 0 aliphatic carbocycles. The Bertz CT molecular complexity index is 334. The first-order chi connectivity index (χ1) is 7.22. The van der Waals surface area contributed by atoms with Crippen LogP contribution in [-0.2, 0) is 14.3 Å². The fraction of sp³-hybridized carbons (Fsp3) is 0.700. The van der Waals surface area contributed by atoms with Crippen LogP contribution < -0.4 is 0 Å². The molecule has 90 valence electrons. The molecule has 6 heteroatoms. The molecule has 1 heterocycles. The van der Waals surface area contributed by atoms with E-state index >= 15 is 0 Å². The van der Waals surface area contributed by atoms with Gasteiger partial charge in [0.15, 0.2) is 10.6 Å². The van der Waals surface area contributed by atoms with Crippen LogP contribution in [0.3, 0.4) is 0 Å². The number of hydrogen-bond acceptors (Lipinski definition) is 4. The lowest BCUT2D eigenvalue weighted by molar-refractivity contribution is -0.137. The van der Waals surface area contributed by atoms with Gasteiger partial charge in [0.05, 0.1) is 0 Å². The van der Waals surface area contributed by atoms with Gasteiger partial charge >= 0.3 is 6.09 Å². The summed E-state index contributed by atoms with van der Waals surface area (Å²) in [6.45, 7) is 5.25. The average molecular weight is 292 g/mol. The molecule has 0 aromatic heterocycles. The minimum absolute atomic E-state index is 0.0919. The maximum absolute atomic E-state index is 11.6. The van der Waals surface area contributed by atoms with Crippen molar-refractivity contribution in [2.24, 2.45) is 0 Å². The van der Waals surface area contributed by atoms with Crippen LogP contribution in [0.5, 0.6) is 0 Å². The zero-order valence-corrected chi connectivity index (χ0v) is 11.0. The molecule has 0 aromatic carbocycles. The Morgan fingerprint density at radius 3 is 2.50 bits per heavy atom. The van der Waals surface area contributed by atoms with Crippen LogP contribution in [-0.4, -0.2) is 39.7 Å². The third-order valence-electron chi connectivity index (χ3n) is 1.96. The molecule has 1 atom stereocenters. The van der Waals surface area contributed by atoms with Crippen molar-refractivity contribution < 1.29 is 19.1 Å². The Morgan fingerprint density at radius 2 is 2.00 bits per heavy atom. The van der Waals surface area contributed by atoms with E-state index in [1.54, 1.807) is 20.8 Å². The van der Waals surface area contributed by atoms with Crippen LogP contribution in [0.4, 0.5) is 4.79 Å². The molecule has 16 heavy (non-hydrogen) atoms. The minimum atomic E-state index is -0.922. The van der Waals surface area contributed by atoms with Crippen LogP contribution in [0.1, 0.15) is 27.2 Å². The zero-order chi connectivity index (χ0) is 12.5. The summed E-state index contributed by atoms with van der Waals surface area (Å²) in [7, 11) is 0. The summed E-state index contributed by atoms with van der Waals surface area (Å²) >= 11 is 2.96. The van der Waals surface area contributed by atoms with Crippen molar-refractivity contribution in [3.8, 4) is 0 Å². The second-order valence-electron chi connectivity index (χ2n) is 4.55. The summed E-state index contributed by atoms with van der Waals surface area (Å²) in [6.07, 6.45) is -0.532. The van der Waals surface area contributed by atoms with Crippen LogP contribution in [0, 0.1) is 0 Å². The van der Waals surface area contributed by atoms with Gasteiger partial charge in [-0.15, -0.1) is 0 Å². The lowest BCUT2D eigenvalue weighted by Crippen LogP contribution is -2.50. The van der Waals surface area contributed by atoms with Crippen LogP contribution in [0.2, 0.25) is 0 Å². The van der Waals surface area contributed by atoms with Crippen molar-refractivity contribution in [3.05, 3.63) is 0 Å². The Labute approximate surface area is 102 Å². The number of carbonyl (C=O) groups is 3. The molecule has 1 fully saturated rings. The van der Waals surface area contributed by atoms with E-state index in [2.05, 4.69) is 15.9 Å². The van der Waals surface area contributed by atoms with E-state index in [4.69, 9.17) is 4.74 Å². The largest absolute Gasteiger partial charge is 0.443 e. The number of Topliss-reactive ketones (excluding diaryl/α,β-unsaturated/α-hetero) is 1. The van der Waals surface area contributed by atoms with Crippen molar-refractivity contribution in [1.82, 2.24) is 4.90 Å². The second-order valence-corrected chi connectivity index (χ2v) is 5.46. The molecule has 0 N–H and O–H groups in total. The van der Waals surface area contributed by atoms with Crippen molar-refractivity contribution in [1.29, 1.82) is 0 Å². The molecule has 1 rings (SSSR count). The quantitative estimate of drug-likeness (QED) is 0.501. The summed E-state index contributed by atoms with van der Waals surface area (Å²) < 4.78 is 5.07. The number of hydrogen-bond donors (Lipinski definition) is 0. The molecule has 1 aliphatic rings. The molecular formula is C10H14BrNO4. The number of rotatable bonds is 0. The standard InChI is InChI=1S/C10H14BrNO4/c1-10(2,3)16-9(15)12-5-4-6(13)7(11)8(12)14/h7H,4-5H2,1-3H3. The minimum Gasteiger partial charge on any atom is -0.443 e. The first-order valence-electron chi connectivity index (χ1n) is 4.93. The molecule has 0 spiro atoms. The molecule has 0 radical (unpaired) electrons. The maximum Gasteiger partial charge on any atom is 0.417 e. The average Bonchev–Trinajstić information content (AvgIpc) is 2.11. The molecule has 1 saturated heterocycles. The molecule has 0 saturated carbocycles. The molecule has 0 bridgehead atoms. The Kier molecular flexibility index (Phi) is 3.72. The van der Waals surface area contributed by atoms with Gasteiger partial charge in [-0.2, -0.15) is 0 Å². The van der Waals surface area contributed by atoms with Gasteiger partial charge in [-0.05, 0) is 20.8 Å². The Morgan fingerprint density at radius 1 is 1.44 bits per heavy atom. The van der Waals surface area contributed by atoms with E-state index in [0.717, 1.165) is 4.90 Å².